The van der Waals surface area contributed by atoms with Gasteiger partial charge in [0.05, 0.1) is 19.1 Å². The molecule has 26 heavy (non-hydrogen) atoms. The summed E-state index contributed by atoms with van der Waals surface area (Å²) in [7, 11) is 0. The monoisotopic (exact) mass is 363 g/mol. The summed E-state index contributed by atoms with van der Waals surface area (Å²) in [6.07, 6.45) is 3.05. The van der Waals surface area contributed by atoms with E-state index in [2.05, 4.69) is 0 Å². The average molecular weight is 363 g/mol. The van der Waals surface area contributed by atoms with E-state index in [0.717, 1.165) is 12.8 Å². The predicted octanol–water partition coefficient (Wildman–Crippen LogP) is 3.59. The Morgan fingerprint density at radius 2 is 1.81 bits per heavy atom. The van der Waals surface area contributed by atoms with E-state index in [1.54, 1.807) is 23.1 Å². The van der Waals surface area contributed by atoms with Crippen LogP contribution >= 0.6 is 0 Å². The summed E-state index contributed by atoms with van der Waals surface area (Å²) in [5, 5.41) is 9.36. The zero-order chi connectivity index (χ0) is 19.1. The molecule has 1 aromatic rings. The maximum Gasteiger partial charge on any atom is 0.308 e. The number of benzene rings is 1. The fourth-order valence-corrected chi connectivity index (χ4v) is 3.22. The third-order valence-electron chi connectivity index (χ3n) is 4.68. The van der Waals surface area contributed by atoms with Crippen LogP contribution in [0.25, 0.3) is 0 Å². The molecule has 2 rings (SSSR count). The Morgan fingerprint density at radius 1 is 1.15 bits per heavy atom. The highest BCUT2D eigenvalue weighted by Gasteiger charge is 2.35. The van der Waals surface area contributed by atoms with E-state index >= 15 is 0 Å². The summed E-state index contributed by atoms with van der Waals surface area (Å²) in [6, 6.07) is 4.87. The molecule has 1 fully saturated rings. The van der Waals surface area contributed by atoms with Gasteiger partial charge in [-0.15, -0.1) is 0 Å². The Hall–Kier alpha value is -2.24. The van der Waals surface area contributed by atoms with Gasteiger partial charge in [0.25, 0.3) is 5.91 Å². The number of carboxylic acid groups (broad SMARTS) is 1. The second-order valence-electron chi connectivity index (χ2n) is 6.68. The molecule has 1 amide bonds. The number of rotatable bonds is 8. The number of hydrogen-bond donors (Lipinski definition) is 1. The first-order valence-electron chi connectivity index (χ1n) is 9.43. The Bertz CT molecular complexity index is 631. The average Bonchev–Trinajstić information content (AvgIpc) is 2.64. The molecule has 1 aliphatic rings. The number of carbonyl (C=O) groups is 2. The van der Waals surface area contributed by atoms with Gasteiger partial charge in [-0.2, -0.15) is 0 Å². The van der Waals surface area contributed by atoms with E-state index < -0.39 is 11.9 Å². The van der Waals surface area contributed by atoms with Crippen molar-refractivity contribution >= 4 is 11.9 Å². The normalized spacial score (nSPS) is 19.9. The van der Waals surface area contributed by atoms with E-state index in [1.165, 1.54) is 0 Å². The quantitative estimate of drug-likeness (QED) is 0.764. The fraction of sp³-hybridized carbons (Fsp3) is 0.600. The summed E-state index contributed by atoms with van der Waals surface area (Å²) < 4.78 is 11.5. The number of hydrogen-bond acceptors (Lipinski definition) is 4. The minimum Gasteiger partial charge on any atom is -0.490 e. The first kappa shape index (κ1) is 20.1. The van der Waals surface area contributed by atoms with E-state index in [4.69, 9.17) is 9.47 Å². The number of carboxylic acids is 1. The maximum absolute atomic E-state index is 13.0. The van der Waals surface area contributed by atoms with Gasteiger partial charge in [0.2, 0.25) is 0 Å². The summed E-state index contributed by atoms with van der Waals surface area (Å²) >= 11 is 0. The first-order chi connectivity index (χ1) is 12.5. The number of likely N-dealkylation sites (tertiary alicyclic amines) is 1. The minimum absolute atomic E-state index is 0.160. The van der Waals surface area contributed by atoms with Crippen LogP contribution in [0.1, 0.15) is 56.8 Å². The molecule has 6 nitrogen and oxygen atoms in total. The van der Waals surface area contributed by atoms with Crippen molar-refractivity contribution in [2.75, 3.05) is 19.8 Å². The molecule has 0 bridgehead atoms. The molecule has 1 N–H and O–H groups in total. The van der Waals surface area contributed by atoms with Crippen LogP contribution in [0.2, 0.25) is 0 Å². The molecule has 144 valence electrons. The highest BCUT2D eigenvalue weighted by Crippen LogP contribution is 2.31. The van der Waals surface area contributed by atoms with Crippen LogP contribution in [0.4, 0.5) is 0 Å². The Balaban J connectivity index is 2.23. The van der Waals surface area contributed by atoms with Gasteiger partial charge in [0, 0.05) is 18.2 Å². The molecule has 2 atom stereocenters. The van der Waals surface area contributed by atoms with E-state index in [0.29, 0.717) is 49.7 Å². The van der Waals surface area contributed by atoms with Gasteiger partial charge >= 0.3 is 5.97 Å². The fourth-order valence-electron chi connectivity index (χ4n) is 3.22. The number of carbonyl (C=O) groups excluding carboxylic acids is 1. The molecular weight excluding hydrogens is 334 g/mol. The summed E-state index contributed by atoms with van der Waals surface area (Å²) in [5.41, 5.74) is 0.498. The van der Waals surface area contributed by atoms with Gasteiger partial charge in [-0.1, -0.05) is 13.8 Å². The van der Waals surface area contributed by atoms with E-state index in [-0.39, 0.29) is 11.9 Å². The van der Waals surface area contributed by atoms with Crippen molar-refractivity contribution in [2.24, 2.45) is 5.92 Å². The van der Waals surface area contributed by atoms with Gasteiger partial charge in [-0.25, -0.2) is 0 Å². The molecule has 1 aromatic carbocycles. The molecule has 1 aliphatic heterocycles. The predicted molar refractivity (Wildman–Crippen MR) is 98.9 cm³/mol. The molecule has 0 aromatic heterocycles. The SMILES string of the molecule is CCCOc1ccc(C(=O)N2CCC[C@H](C(=O)O)[C@@H]2C)cc1OCCC. The standard InChI is InChI=1S/C20H29NO5/c1-4-11-25-17-9-8-15(13-18(17)26-12-5-2)19(22)21-10-6-7-16(14(21)3)20(23)24/h8-9,13-14,16H,4-7,10-12H2,1-3H3,(H,23,24)/t14-,16-/m0/s1. The Kier molecular flexibility index (Phi) is 7.30. The van der Waals surface area contributed by atoms with Crippen molar-refractivity contribution in [1.29, 1.82) is 0 Å². The van der Waals surface area contributed by atoms with Gasteiger partial charge in [-0.05, 0) is 50.8 Å². The van der Waals surface area contributed by atoms with Crippen LogP contribution in [0.5, 0.6) is 11.5 Å². The van der Waals surface area contributed by atoms with Gasteiger partial charge in [0.1, 0.15) is 0 Å². The number of piperidine rings is 1. The van der Waals surface area contributed by atoms with Crippen molar-refractivity contribution in [1.82, 2.24) is 4.90 Å². The Labute approximate surface area is 155 Å². The van der Waals surface area contributed by atoms with Crippen molar-refractivity contribution in [3.63, 3.8) is 0 Å². The van der Waals surface area contributed by atoms with E-state index in [9.17, 15) is 14.7 Å². The lowest BCUT2D eigenvalue weighted by atomic mass is 9.90. The molecule has 0 aliphatic carbocycles. The molecule has 0 spiro atoms. The Morgan fingerprint density at radius 3 is 2.42 bits per heavy atom. The summed E-state index contributed by atoms with van der Waals surface area (Å²) in [5.74, 6) is -0.328. The van der Waals surface area contributed by atoms with Gasteiger partial charge in [0.15, 0.2) is 11.5 Å². The molecule has 0 saturated carbocycles. The second kappa shape index (κ2) is 9.46. The molecule has 1 saturated heterocycles. The molecule has 0 unspecified atom stereocenters. The number of aliphatic carboxylic acids is 1. The van der Waals surface area contributed by atoms with Crippen LogP contribution in [0.3, 0.4) is 0 Å². The minimum atomic E-state index is -0.842. The highest BCUT2D eigenvalue weighted by molar-refractivity contribution is 5.95. The van der Waals surface area contributed by atoms with E-state index in [1.807, 2.05) is 20.8 Å². The van der Waals surface area contributed by atoms with Crippen molar-refractivity contribution in [2.45, 2.75) is 52.5 Å². The third kappa shape index (κ3) is 4.68. The second-order valence-corrected chi connectivity index (χ2v) is 6.68. The highest BCUT2D eigenvalue weighted by atomic mass is 16.5. The topological polar surface area (TPSA) is 76.1 Å². The lowest BCUT2D eigenvalue weighted by molar-refractivity contribution is -0.144. The first-order valence-corrected chi connectivity index (χ1v) is 9.43. The molecule has 1 heterocycles. The largest absolute Gasteiger partial charge is 0.490 e. The molecule has 6 heteroatoms. The molecular formula is C20H29NO5. The summed E-state index contributed by atoms with van der Waals surface area (Å²) in [4.78, 5) is 26.0. The maximum atomic E-state index is 13.0. The third-order valence-corrected chi connectivity index (χ3v) is 4.68. The van der Waals surface area contributed by atoms with Crippen LogP contribution in [-0.2, 0) is 4.79 Å². The zero-order valence-corrected chi connectivity index (χ0v) is 15.9. The zero-order valence-electron chi connectivity index (χ0n) is 15.9. The van der Waals surface area contributed by atoms with Crippen LogP contribution in [0, 0.1) is 5.92 Å². The number of nitrogens with zero attached hydrogens (tertiary/aromatic N) is 1. The number of amides is 1. The summed E-state index contributed by atoms with van der Waals surface area (Å²) in [6.45, 7) is 7.55. The lowest BCUT2D eigenvalue weighted by Crippen LogP contribution is -2.49. The van der Waals surface area contributed by atoms with Crippen LogP contribution in [0.15, 0.2) is 18.2 Å². The smallest absolute Gasteiger partial charge is 0.308 e. The molecule has 0 radical (unpaired) electrons. The van der Waals surface area contributed by atoms with Crippen molar-refractivity contribution in [3.8, 4) is 11.5 Å². The van der Waals surface area contributed by atoms with Crippen LogP contribution < -0.4 is 9.47 Å². The van der Waals surface area contributed by atoms with Gasteiger partial charge < -0.3 is 19.5 Å². The van der Waals surface area contributed by atoms with Crippen molar-refractivity contribution in [3.05, 3.63) is 23.8 Å². The van der Waals surface area contributed by atoms with Crippen molar-refractivity contribution < 1.29 is 24.2 Å². The number of ether oxygens (including phenoxy) is 2. The van der Waals surface area contributed by atoms with Crippen LogP contribution in [-0.4, -0.2) is 47.7 Å². The lowest BCUT2D eigenvalue weighted by Gasteiger charge is -2.37. The van der Waals surface area contributed by atoms with Gasteiger partial charge in [-0.3, -0.25) is 9.59 Å².